The van der Waals surface area contributed by atoms with E-state index >= 15 is 0 Å². The molecule has 6 nitrogen and oxygen atoms in total. The molecule has 0 bridgehead atoms. The van der Waals surface area contributed by atoms with E-state index in [9.17, 15) is 18.3 Å². The highest BCUT2D eigenvalue weighted by Crippen LogP contribution is 2.12. The number of rotatable bonds is 7. The fourth-order valence-electron chi connectivity index (χ4n) is 1.90. The molecule has 1 amide bonds. The molecule has 1 aromatic rings. The maximum atomic E-state index is 11.9. The van der Waals surface area contributed by atoms with E-state index in [-0.39, 0.29) is 12.5 Å². The van der Waals surface area contributed by atoms with Crippen LogP contribution in [0.3, 0.4) is 0 Å². The first-order valence-corrected chi connectivity index (χ1v) is 8.60. The van der Waals surface area contributed by atoms with Crippen molar-refractivity contribution in [1.29, 1.82) is 0 Å². The minimum atomic E-state index is -3.33. The number of sulfonamides is 1. The summed E-state index contributed by atoms with van der Waals surface area (Å²) in [6.07, 6.45) is 2.49. The molecular weight excluding hydrogens is 292 g/mol. The van der Waals surface area contributed by atoms with E-state index in [0.29, 0.717) is 17.7 Å². The van der Waals surface area contributed by atoms with Gasteiger partial charge in [0.25, 0.3) is 5.91 Å². The summed E-state index contributed by atoms with van der Waals surface area (Å²) >= 11 is 0. The van der Waals surface area contributed by atoms with E-state index in [2.05, 4.69) is 10.0 Å². The minimum absolute atomic E-state index is 0.170. The Kier molecular flexibility index (Phi) is 5.74. The van der Waals surface area contributed by atoms with Crippen molar-refractivity contribution in [3.8, 4) is 0 Å². The second kappa shape index (κ2) is 6.91. The quantitative estimate of drug-likeness (QED) is 0.707. The third-order valence-corrected chi connectivity index (χ3v) is 3.48. The molecule has 21 heavy (non-hydrogen) atoms. The first-order valence-electron chi connectivity index (χ1n) is 6.71. The Balaban J connectivity index is 2.63. The predicted octanol–water partition coefficient (Wildman–Crippen LogP) is 1.34. The van der Waals surface area contributed by atoms with Crippen LogP contribution < -0.4 is 10.0 Å². The predicted molar refractivity (Wildman–Crippen MR) is 82.8 cm³/mol. The molecule has 0 saturated heterocycles. The number of benzene rings is 1. The van der Waals surface area contributed by atoms with Crippen LogP contribution in [-0.4, -0.2) is 37.8 Å². The Morgan fingerprint density at radius 3 is 2.33 bits per heavy atom. The van der Waals surface area contributed by atoms with Crippen LogP contribution in [0.1, 0.15) is 37.0 Å². The van der Waals surface area contributed by atoms with Crippen molar-refractivity contribution in [2.24, 2.45) is 0 Å². The van der Waals surface area contributed by atoms with Gasteiger partial charge < -0.3 is 10.4 Å². The highest BCUT2D eigenvalue weighted by atomic mass is 32.2. The lowest BCUT2D eigenvalue weighted by Gasteiger charge is -2.22. The number of aliphatic hydroxyl groups is 1. The third-order valence-electron chi connectivity index (χ3n) is 2.87. The molecule has 0 radical (unpaired) electrons. The van der Waals surface area contributed by atoms with Gasteiger partial charge >= 0.3 is 0 Å². The summed E-state index contributed by atoms with van der Waals surface area (Å²) in [6.45, 7) is 3.81. The monoisotopic (exact) mass is 314 g/mol. The molecule has 3 N–H and O–H groups in total. The van der Waals surface area contributed by atoms with Crippen molar-refractivity contribution < 1.29 is 18.3 Å². The normalized spacial score (nSPS) is 14.3. The van der Waals surface area contributed by atoms with Gasteiger partial charge in [0.05, 0.1) is 11.9 Å². The Morgan fingerprint density at radius 2 is 1.86 bits per heavy atom. The van der Waals surface area contributed by atoms with E-state index < -0.39 is 15.6 Å². The topological polar surface area (TPSA) is 95.5 Å². The molecule has 1 rings (SSSR count). The number of hydrogen-bond donors (Lipinski definition) is 3. The molecular formula is C14H22N2O4S. The van der Waals surface area contributed by atoms with Crippen molar-refractivity contribution in [2.45, 2.75) is 32.3 Å². The summed E-state index contributed by atoms with van der Waals surface area (Å²) in [5.41, 5.74) is -0.129. The molecule has 0 heterocycles. The van der Waals surface area contributed by atoms with Gasteiger partial charge in [0.2, 0.25) is 10.0 Å². The lowest BCUT2D eigenvalue weighted by molar-refractivity contribution is 0.0469. The van der Waals surface area contributed by atoms with Crippen LogP contribution in [0, 0.1) is 0 Å². The fraction of sp³-hybridized carbons (Fsp3) is 0.500. The van der Waals surface area contributed by atoms with Crippen molar-refractivity contribution in [1.82, 2.24) is 5.32 Å². The first-order chi connectivity index (χ1) is 9.63. The minimum Gasteiger partial charge on any atom is -0.388 e. The number of anilines is 1. The smallest absolute Gasteiger partial charge is 0.251 e. The highest BCUT2D eigenvalue weighted by Gasteiger charge is 2.20. The van der Waals surface area contributed by atoms with Crippen molar-refractivity contribution >= 4 is 21.6 Å². The number of amides is 1. The van der Waals surface area contributed by atoms with Crippen molar-refractivity contribution in [3.05, 3.63) is 29.8 Å². The van der Waals surface area contributed by atoms with E-state index in [0.717, 1.165) is 12.7 Å². The summed E-state index contributed by atoms with van der Waals surface area (Å²) in [5.74, 6) is -0.308. The van der Waals surface area contributed by atoms with Crippen LogP contribution in [0.25, 0.3) is 0 Å². The molecule has 0 aromatic heterocycles. The number of nitrogens with one attached hydrogen (secondary N) is 2. The molecule has 1 atom stereocenters. The van der Waals surface area contributed by atoms with E-state index in [1.165, 1.54) is 24.3 Å². The van der Waals surface area contributed by atoms with Gasteiger partial charge in [-0.25, -0.2) is 8.42 Å². The zero-order chi connectivity index (χ0) is 16.1. The van der Waals surface area contributed by atoms with E-state index in [1.54, 1.807) is 6.92 Å². The van der Waals surface area contributed by atoms with E-state index in [4.69, 9.17) is 0 Å². The number of carbonyl (C=O) groups is 1. The standard InChI is InChI=1S/C14H22N2O4S/c1-4-9-14(2,18)10-15-13(17)11-5-7-12(8-6-11)16-21(3,19)20/h5-8,16,18H,4,9-10H2,1-3H3,(H,15,17). The summed E-state index contributed by atoms with van der Waals surface area (Å²) < 4.78 is 24.5. The Morgan fingerprint density at radius 1 is 1.29 bits per heavy atom. The van der Waals surface area contributed by atoms with Gasteiger partial charge in [-0.05, 0) is 37.6 Å². The SMILES string of the molecule is CCCC(C)(O)CNC(=O)c1ccc(NS(C)(=O)=O)cc1. The average molecular weight is 314 g/mol. The van der Waals surface area contributed by atoms with E-state index in [1.807, 2.05) is 6.92 Å². The van der Waals surface area contributed by atoms with Crippen LogP contribution in [0.5, 0.6) is 0 Å². The largest absolute Gasteiger partial charge is 0.388 e. The van der Waals surface area contributed by atoms with Crippen LogP contribution >= 0.6 is 0 Å². The highest BCUT2D eigenvalue weighted by molar-refractivity contribution is 7.92. The lowest BCUT2D eigenvalue weighted by atomic mass is 10.0. The Bertz CT molecular complexity index is 579. The third kappa shape index (κ3) is 6.59. The second-order valence-electron chi connectivity index (χ2n) is 5.38. The molecule has 0 aliphatic carbocycles. The molecule has 118 valence electrons. The van der Waals surface area contributed by atoms with Gasteiger partial charge in [0.1, 0.15) is 0 Å². The molecule has 0 aliphatic heterocycles. The molecule has 7 heteroatoms. The number of carbonyl (C=O) groups excluding carboxylic acids is 1. The van der Waals surface area contributed by atoms with Crippen molar-refractivity contribution in [2.75, 3.05) is 17.5 Å². The van der Waals surface area contributed by atoms with Gasteiger partial charge in [-0.1, -0.05) is 13.3 Å². The number of hydrogen-bond acceptors (Lipinski definition) is 4. The summed E-state index contributed by atoms with van der Waals surface area (Å²) in [7, 11) is -3.33. The van der Waals surface area contributed by atoms with Crippen LogP contribution in [0.4, 0.5) is 5.69 Å². The zero-order valence-corrected chi connectivity index (χ0v) is 13.3. The maximum absolute atomic E-state index is 11.9. The lowest BCUT2D eigenvalue weighted by Crippen LogP contribution is -2.40. The molecule has 1 unspecified atom stereocenters. The molecule has 0 saturated carbocycles. The first kappa shape index (κ1) is 17.5. The molecule has 1 aromatic carbocycles. The zero-order valence-electron chi connectivity index (χ0n) is 12.5. The summed E-state index contributed by atoms with van der Waals surface area (Å²) in [6, 6.07) is 6.08. The van der Waals surface area contributed by atoms with Crippen molar-refractivity contribution in [3.63, 3.8) is 0 Å². The van der Waals surface area contributed by atoms with Gasteiger partial charge in [-0.15, -0.1) is 0 Å². The van der Waals surface area contributed by atoms with Gasteiger partial charge in [0, 0.05) is 17.8 Å². The Labute approximate surface area is 125 Å². The van der Waals surface area contributed by atoms with Crippen LogP contribution in [-0.2, 0) is 10.0 Å². The molecule has 0 spiro atoms. The van der Waals surface area contributed by atoms with Gasteiger partial charge in [-0.2, -0.15) is 0 Å². The Hall–Kier alpha value is -1.60. The fourth-order valence-corrected chi connectivity index (χ4v) is 2.47. The average Bonchev–Trinajstić information content (AvgIpc) is 2.35. The second-order valence-corrected chi connectivity index (χ2v) is 7.13. The molecule has 0 fully saturated rings. The van der Waals surface area contributed by atoms with Crippen LogP contribution in [0.2, 0.25) is 0 Å². The maximum Gasteiger partial charge on any atom is 0.251 e. The summed E-state index contributed by atoms with van der Waals surface area (Å²) in [5, 5.41) is 12.7. The van der Waals surface area contributed by atoms with Gasteiger partial charge in [-0.3, -0.25) is 9.52 Å². The van der Waals surface area contributed by atoms with Crippen LogP contribution in [0.15, 0.2) is 24.3 Å². The summed E-state index contributed by atoms with van der Waals surface area (Å²) in [4.78, 5) is 11.9. The van der Waals surface area contributed by atoms with Gasteiger partial charge in [0.15, 0.2) is 0 Å². The molecule has 0 aliphatic rings.